The highest BCUT2D eigenvalue weighted by Crippen LogP contribution is 2.26. The molecule has 0 heterocycles. The van der Waals surface area contributed by atoms with Gasteiger partial charge in [-0.2, -0.15) is 0 Å². The molecular weight excluding hydrogens is 262 g/mol. The minimum absolute atomic E-state index is 0.198. The number of benzene rings is 1. The van der Waals surface area contributed by atoms with E-state index in [-0.39, 0.29) is 12.4 Å². The summed E-state index contributed by atoms with van der Waals surface area (Å²) < 4.78 is 0.643. The Hall–Kier alpha value is -0.620. The van der Waals surface area contributed by atoms with Gasteiger partial charge < -0.3 is 20.6 Å². The van der Waals surface area contributed by atoms with Gasteiger partial charge in [0.25, 0.3) is 0 Å². The van der Waals surface area contributed by atoms with E-state index in [2.05, 4.69) is 21.2 Å². The first-order chi connectivity index (χ1) is 7.15. The van der Waals surface area contributed by atoms with Gasteiger partial charge in [-0.05, 0) is 22.0 Å². The van der Waals surface area contributed by atoms with Crippen LogP contribution in [0.1, 0.15) is 5.56 Å². The average molecular weight is 276 g/mol. The molecule has 1 rings (SSSR count). The number of hydrogen-bond acceptors (Lipinski definition) is 4. The maximum Gasteiger partial charge on any atom is 0.134 e. The largest absolute Gasteiger partial charge is 0.506 e. The summed E-state index contributed by atoms with van der Waals surface area (Å²) in [5, 5.41) is 30.2. The molecule has 0 aliphatic carbocycles. The molecule has 84 valence electrons. The molecule has 0 amide bonds. The third-order valence-electron chi connectivity index (χ3n) is 1.98. The Bertz CT molecular complexity index is 320. The number of aromatic hydroxyl groups is 1. The molecule has 0 bridgehead atoms. The van der Waals surface area contributed by atoms with Crippen LogP contribution in [-0.4, -0.2) is 34.6 Å². The summed E-state index contributed by atoms with van der Waals surface area (Å²) in [6, 6.07) is 5.36. The number of aliphatic hydroxyl groups is 2. The molecular formula is C10H14BrNO3. The second-order valence-corrected chi connectivity index (χ2v) is 4.07. The van der Waals surface area contributed by atoms with E-state index in [0.717, 1.165) is 5.56 Å². The van der Waals surface area contributed by atoms with Crippen LogP contribution in [0.3, 0.4) is 0 Å². The first-order valence-corrected chi connectivity index (χ1v) is 5.40. The van der Waals surface area contributed by atoms with Crippen LogP contribution in [0.5, 0.6) is 5.75 Å². The maximum atomic E-state index is 9.62. The van der Waals surface area contributed by atoms with Crippen LogP contribution in [0.15, 0.2) is 22.7 Å². The van der Waals surface area contributed by atoms with Crippen LogP contribution in [-0.2, 0) is 6.54 Å². The third kappa shape index (κ3) is 3.79. The number of nitrogens with one attached hydrogen (secondary N) is 1. The van der Waals surface area contributed by atoms with Gasteiger partial charge in [0.2, 0.25) is 0 Å². The second kappa shape index (κ2) is 6.07. The van der Waals surface area contributed by atoms with Gasteiger partial charge in [-0.1, -0.05) is 12.1 Å². The van der Waals surface area contributed by atoms with Crippen molar-refractivity contribution in [3.05, 3.63) is 28.2 Å². The first-order valence-electron chi connectivity index (χ1n) is 4.61. The number of phenolic OH excluding ortho intramolecular Hbond substituents is 1. The lowest BCUT2D eigenvalue weighted by Crippen LogP contribution is -2.28. The number of phenols is 1. The van der Waals surface area contributed by atoms with E-state index < -0.39 is 6.10 Å². The Morgan fingerprint density at radius 1 is 1.40 bits per heavy atom. The van der Waals surface area contributed by atoms with E-state index in [1.54, 1.807) is 12.1 Å². The van der Waals surface area contributed by atoms with Gasteiger partial charge in [0.1, 0.15) is 5.75 Å². The van der Waals surface area contributed by atoms with Crippen molar-refractivity contribution in [2.75, 3.05) is 13.2 Å². The van der Waals surface area contributed by atoms with Gasteiger partial charge in [0.05, 0.1) is 17.2 Å². The summed E-state index contributed by atoms with van der Waals surface area (Å²) in [5.41, 5.74) is 0.745. The fourth-order valence-corrected chi connectivity index (χ4v) is 1.55. The monoisotopic (exact) mass is 275 g/mol. The predicted molar refractivity (Wildman–Crippen MR) is 60.6 cm³/mol. The molecule has 0 aliphatic heterocycles. The second-order valence-electron chi connectivity index (χ2n) is 3.21. The number of aliphatic hydroxyl groups excluding tert-OH is 2. The summed E-state index contributed by atoms with van der Waals surface area (Å²) in [6.45, 7) is 0.474. The lowest BCUT2D eigenvalue weighted by Gasteiger charge is -2.10. The van der Waals surface area contributed by atoms with Crippen molar-refractivity contribution >= 4 is 15.9 Å². The molecule has 0 saturated carbocycles. The minimum atomic E-state index is -0.765. The number of hydrogen-bond donors (Lipinski definition) is 4. The Labute approximate surface area is 96.7 Å². The molecule has 5 heteroatoms. The zero-order valence-electron chi connectivity index (χ0n) is 8.15. The molecule has 15 heavy (non-hydrogen) atoms. The highest BCUT2D eigenvalue weighted by molar-refractivity contribution is 9.10. The highest BCUT2D eigenvalue weighted by Gasteiger charge is 2.05. The highest BCUT2D eigenvalue weighted by atomic mass is 79.9. The summed E-state index contributed by atoms with van der Waals surface area (Å²) in [7, 11) is 0. The smallest absolute Gasteiger partial charge is 0.134 e. The fourth-order valence-electron chi connectivity index (χ4n) is 1.14. The van der Waals surface area contributed by atoms with Crippen LogP contribution >= 0.6 is 15.9 Å². The van der Waals surface area contributed by atoms with E-state index in [4.69, 9.17) is 10.2 Å². The van der Waals surface area contributed by atoms with Gasteiger partial charge in [-0.15, -0.1) is 0 Å². The number of rotatable bonds is 5. The molecule has 0 radical (unpaired) electrons. The zero-order chi connectivity index (χ0) is 11.3. The standard InChI is InChI=1S/C10H14BrNO3/c11-9-3-1-2-7(10(9)15)4-12-5-8(14)6-13/h1-3,8,12-15H,4-6H2. The molecule has 0 saturated heterocycles. The molecule has 0 spiro atoms. The molecule has 0 fully saturated rings. The average Bonchev–Trinajstić information content (AvgIpc) is 2.24. The molecule has 0 aromatic heterocycles. The van der Waals surface area contributed by atoms with E-state index in [0.29, 0.717) is 17.6 Å². The van der Waals surface area contributed by atoms with Gasteiger partial charge in [-0.25, -0.2) is 0 Å². The van der Waals surface area contributed by atoms with Gasteiger partial charge in [0, 0.05) is 18.7 Å². The zero-order valence-corrected chi connectivity index (χ0v) is 9.74. The lowest BCUT2D eigenvalue weighted by molar-refractivity contribution is 0.0942. The number of para-hydroxylation sites is 1. The van der Waals surface area contributed by atoms with E-state index in [1.165, 1.54) is 0 Å². The van der Waals surface area contributed by atoms with Gasteiger partial charge in [0.15, 0.2) is 0 Å². The Morgan fingerprint density at radius 3 is 2.80 bits per heavy atom. The topological polar surface area (TPSA) is 72.7 Å². The van der Waals surface area contributed by atoms with E-state index in [1.807, 2.05) is 6.07 Å². The SMILES string of the molecule is OCC(O)CNCc1cccc(Br)c1O. The molecule has 1 aromatic carbocycles. The molecule has 4 N–H and O–H groups in total. The normalized spacial score (nSPS) is 12.7. The van der Waals surface area contributed by atoms with Crippen LogP contribution < -0.4 is 5.32 Å². The summed E-state index contributed by atoms with van der Waals surface area (Å²) in [5.74, 6) is 0.198. The van der Waals surface area contributed by atoms with Crippen LogP contribution in [0.25, 0.3) is 0 Å². The van der Waals surface area contributed by atoms with E-state index in [9.17, 15) is 5.11 Å². The summed E-state index contributed by atoms with van der Waals surface area (Å²) in [4.78, 5) is 0. The van der Waals surface area contributed by atoms with Crippen LogP contribution in [0.2, 0.25) is 0 Å². The van der Waals surface area contributed by atoms with Crippen molar-refractivity contribution in [2.45, 2.75) is 12.6 Å². The minimum Gasteiger partial charge on any atom is -0.506 e. The fraction of sp³-hybridized carbons (Fsp3) is 0.400. The van der Waals surface area contributed by atoms with Crippen molar-refractivity contribution in [3.63, 3.8) is 0 Å². The third-order valence-corrected chi connectivity index (χ3v) is 2.62. The molecule has 1 aromatic rings. The first kappa shape index (κ1) is 12.4. The van der Waals surface area contributed by atoms with Crippen molar-refractivity contribution in [1.29, 1.82) is 0 Å². The van der Waals surface area contributed by atoms with Crippen molar-refractivity contribution in [3.8, 4) is 5.75 Å². The molecule has 1 unspecified atom stereocenters. The summed E-state index contributed by atoms with van der Waals surface area (Å²) in [6.07, 6.45) is -0.765. The van der Waals surface area contributed by atoms with Crippen molar-refractivity contribution < 1.29 is 15.3 Å². The van der Waals surface area contributed by atoms with Gasteiger partial charge in [-0.3, -0.25) is 0 Å². The Balaban J connectivity index is 2.47. The predicted octanol–water partition coefficient (Wildman–Crippen LogP) is 0.597. The Morgan fingerprint density at radius 2 is 2.13 bits per heavy atom. The van der Waals surface area contributed by atoms with Crippen LogP contribution in [0.4, 0.5) is 0 Å². The van der Waals surface area contributed by atoms with E-state index >= 15 is 0 Å². The molecule has 0 aliphatic rings. The quantitative estimate of drug-likeness (QED) is 0.635. The Kier molecular flexibility index (Phi) is 5.04. The van der Waals surface area contributed by atoms with Crippen molar-refractivity contribution in [1.82, 2.24) is 5.32 Å². The van der Waals surface area contributed by atoms with Crippen molar-refractivity contribution in [2.24, 2.45) is 0 Å². The summed E-state index contributed by atoms with van der Waals surface area (Å²) >= 11 is 3.21. The lowest BCUT2D eigenvalue weighted by atomic mass is 10.2. The van der Waals surface area contributed by atoms with Gasteiger partial charge >= 0.3 is 0 Å². The number of halogens is 1. The molecule has 4 nitrogen and oxygen atoms in total. The maximum absolute atomic E-state index is 9.62. The molecule has 1 atom stereocenters. The van der Waals surface area contributed by atoms with Crippen LogP contribution in [0, 0.1) is 0 Å².